The molecule has 0 spiro atoms. The monoisotopic (exact) mass is 386 g/mol. The van der Waals surface area contributed by atoms with E-state index in [1.807, 2.05) is 29.2 Å². The molecule has 1 aromatic rings. The third-order valence-corrected chi connectivity index (χ3v) is 5.67. The minimum Gasteiger partial charge on any atom is -0.495 e. The molecule has 4 amide bonds. The van der Waals surface area contributed by atoms with Gasteiger partial charge in [-0.15, -0.1) is 0 Å². The molecular formula is C20H26N4O4. The summed E-state index contributed by atoms with van der Waals surface area (Å²) in [5, 5.41) is 0. The molecule has 0 unspecified atom stereocenters. The zero-order valence-corrected chi connectivity index (χ0v) is 16.2. The molecule has 3 fully saturated rings. The number of para-hydroxylation sites is 2. The number of urea groups is 1. The fourth-order valence-corrected chi connectivity index (χ4v) is 3.83. The highest BCUT2D eigenvalue weighted by Crippen LogP contribution is 2.32. The highest BCUT2D eigenvalue weighted by Gasteiger charge is 2.36. The summed E-state index contributed by atoms with van der Waals surface area (Å²) in [5.74, 6) is 1.02. The van der Waals surface area contributed by atoms with E-state index in [0.29, 0.717) is 45.0 Å². The van der Waals surface area contributed by atoms with Gasteiger partial charge in [-0.05, 0) is 25.0 Å². The molecular weight excluding hydrogens is 360 g/mol. The number of ether oxygens (including phenoxy) is 1. The lowest BCUT2D eigenvalue weighted by atomic mass is 10.2. The maximum Gasteiger partial charge on any atom is 0.325 e. The van der Waals surface area contributed by atoms with Crippen molar-refractivity contribution >= 4 is 23.5 Å². The van der Waals surface area contributed by atoms with Crippen LogP contribution < -0.4 is 9.64 Å². The SMILES string of the molecule is COc1ccccc1N1CCN(CC(=O)N2CCN(C(=O)C3CC3)CC2)C1=O. The average molecular weight is 386 g/mol. The number of benzene rings is 1. The summed E-state index contributed by atoms with van der Waals surface area (Å²) < 4.78 is 5.35. The van der Waals surface area contributed by atoms with E-state index in [4.69, 9.17) is 4.74 Å². The van der Waals surface area contributed by atoms with Crippen molar-refractivity contribution in [3.63, 3.8) is 0 Å². The fraction of sp³-hybridized carbons (Fsp3) is 0.550. The molecule has 1 aromatic carbocycles. The smallest absolute Gasteiger partial charge is 0.325 e. The van der Waals surface area contributed by atoms with Crippen LogP contribution in [0.5, 0.6) is 5.75 Å². The van der Waals surface area contributed by atoms with Crippen LogP contribution in [0.15, 0.2) is 24.3 Å². The van der Waals surface area contributed by atoms with Crippen molar-refractivity contribution in [1.29, 1.82) is 0 Å². The molecule has 0 N–H and O–H groups in total. The number of hydrogen-bond donors (Lipinski definition) is 0. The first-order valence-electron chi connectivity index (χ1n) is 9.84. The standard InChI is InChI=1S/C20H26N4O4/c1-28-17-5-3-2-4-16(17)24-13-12-23(20(24)27)14-18(25)21-8-10-22(11-9-21)19(26)15-6-7-15/h2-5,15H,6-14H2,1H3. The lowest BCUT2D eigenvalue weighted by Crippen LogP contribution is -2.53. The van der Waals surface area contributed by atoms with Gasteiger partial charge in [-0.25, -0.2) is 4.79 Å². The fourth-order valence-electron chi connectivity index (χ4n) is 3.83. The Balaban J connectivity index is 1.32. The number of carbonyl (C=O) groups excluding carboxylic acids is 3. The van der Waals surface area contributed by atoms with E-state index >= 15 is 0 Å². The first kappa shape index (κ1) is 18.6. The predicted octanol–water partition coefficient (Wildman–Crippen LogP) is 1.02. The van der Waals surface area contributed by atoms with Crippen LogP contribution in [-0.2, 0) is 9.59 Å². The third kappa shape index (κ3) is 3.63. The van der Waals surface area contributed by atoms with E-state index in [1.54, 1.807) is 21.8 Å². The maximum atomic E-state index is 12.8. The van der Waals surface area contributed by atoms with Crippen LogP contribution in [0.3, 0.4) is 0 Å². The number of carbonyl (C=O) groups is 3. The largest absolute Gasteiger partial charge is 0.495 e. The summed E-state index contributed by atoms with van der Waals surface area (Å²) in [6.45, 7) is 3.34. The van der Waals surface area contributed by atoms with Crippen molar-refractivity contribution in [2.75, 3.05) is 57.8 Å². The van der Waals surface area contributed by atoms with Crippen LogP contribution in [-0.4, -0.2) is 85.5 Å². The number of amides is 4. The van der Waals surface area contributed by atoms with Crippen molar-refractivity contribution in [3.05, 3.63) is 24.3 Å². The van der Waals surface area contributed by atoms with Gasteiger partial charge in [0.1, 0.15) is 12.3 Å². The van der Waals surface area contributed by atoms with Gasteiger partial charge < -0.3 is 19.4 Å². The number of anilines is 1. The second-order valence-corrected chi connectivity index (χ2v) is 7.51. The Morgan fingerprint density at radius 2 is 1.68 bits per heavy atom. The van der Waals surface area contributed by atoms with Gasteiger partial charge in [0.25, 0.3) is 0 Å². The molecule has 150 valence electrons. The summed E-state index contributed by atoms with van der Waals surface area (Å²) in [4.78, 5) is 44.5. The molecule has 0 aromatic heterocycles. The minimum absolute atomic E-state index is 0.0613. The Morgan fingerprint density at radius 3 is 2.36 bits per heavy atom. The van der Waals surface area contributed by atoms with Crippen molar-refractivity contribution in [3.8, 4) is 5.75 Å². The predicted molar refractivity (Wildman–Crippen MR) is 103 cm³/mol. The summed E-state index contributed by atoms with van der Waals surface area (Å²) in [6, 6.07) is 7.20. The van der Waals surface area contributed by atoms with E-state index in [2.05, 4.69) is 0 Å². The van der Waals surface area contributed by atoms with Crippen LogP contribution in [0.25, 0.3) is 0 Å². The van der Waals surface area contributed by atoms with Gasteiger partial charge in [0.15, 0.2) is 0 Å². The van der Waals surface area contributed by atoms with Gasteiger partial charge in [0, 0.05) is 45.2 Å². The van der Waals surface area contributed by atoms with Crippen molar-refractivity contribution < 1.29 is 19.1 Å². The molecule has 2 aliphatic heterocycles. The van der Waals surface area contributed by atoms with Gasteiger partial charge in [0.05, 0.1) is 12.8 Å². The molecule has 0 bridgehead atoms. The highest BCUT2D eigenvalue weighted by molar-refractivity contribution is 5.97. The molecule has 2 heterocycles. The van der Waals surface area contributed by atoms with Crippen molar-refractivity contribution in [2.24, 2.45) is 5.92 Å². The van der Waals surface area contributed by atoms with E-state index < -0.39 is 0 Å². The molecule has 8 nitrogen and oxygen atoms in total. The average Bonchev–Trinajstić information content (AvgIpc) is 3.52. The Hall–Kier alpha value is -2.77. The van der Waals surface area contributed by atoms with Crippen molar-refractivity contribution in [1.82, 2.24) is 14.7 Å². The van der Waals surface area contributed by atoms with Crippen LogP contribution >= 0.6 is 0 Å². The van der Waals surface area contributed by atoms with Gasteiger partial charge in [-0.1, -0.05) is 12.1 Å². The third-order valence-electron chi connectivity index (χ3n) is 5.67. The zero-order chi connectivity index (χ0) is 19.7. The zero-order valence-electron chi connectivity index (χ0n) is 16.2. The molecule has 0 radical (unpaired) electrons. The topological polar surface area (TPSA) is 73.4 Å². The number of hydrogen-bond acceptors (Lipinski definition) is 4. The van der Waals surface area contributed by atoms with Gasteiger partial charge in [-0.2, -0.15) is 0 Å². The maximum absolute atomic E-state index is 12.8. The highest BCUT2D eigenvalue weighted by atomic mass is 16.5. The Labute approximate surface area is 164 Å². The summed E-state index contributed by atoms with van der Waals surface area (Å²) in [5.41, 5.74) is 0.720. The van der Waals surface area contributed by atoms with E-state index in [9.17, 15) is 14.4 Å². The Kier molecular flexibility index (Phi) is 5.11. The van der Waals surface area contributed by atoms with Crippen LogP contribution in [0, 0.1) is 5.92 Å². The summed E-state index contributed by atoms with van der Waals surface area (Å²) in [6.07, 6.45) is 2.00. The van der Waals surface area contributed by atoms with E-state index in [-0.39, 0.29) is 30.3 Å². The minimum atomic E-state index is -0.180. The molecule has 0 atom stereocenters. The number of piperazine rings is 1. The molecule has 2 saturated heterocycles. The van der Waals surface area contributed by atoms with Crippen LogP contribution in [0.4, 0.5) is 10.5 Å². The quantitative estimate of drug-likeness (QED) is 0.757. The normalized spacial score (nSPS) is 20.0. The number of methoxy groups -OCH3 is 1. The molecule has 4 rings (SSSR count). The number of rotatable bonds is 5. The van der Waals surface area contributed by atoms with Gasteiger partial charge in [0.2, 0.25) is 11.8 Å². The van der Waals surface area contributed by atoms with Crippen LogP contribution in [0.1, 0.15) is 12.8 Å². The molecule has 1 saturated carbocycles. The number of nitrogens with zero attached hydrogens (tertiary/aromatic N) is 4. The first-order valence-corrected chi connectivity index (χ1v) is 9.84. The van der Waals surface area contributed by atoms with Crippen molar-refractivity contribution in [2.45, 2.75) is 12.8 Å². The second kappa shape index (κ2) is 7.69. The second-order valence-electron chi connectivity index (χ2n) is 7.51. The molecule has 8 heteroatoms. The first-order chi connectivity index (χ1) is 13.6. The molecule has 28 heavy (non-hydrogen) atoms. The Bertz CT molecular complexity index is 771. The van der Waals surface area contributed by atoms with Gasteiger partial charge in [-0.3, -0.25) is 14.5 Å². The lowest BCUT2D eigenvalue weighted by Gasteiger charge is -2.35. The van der Waals surface area contributed by atoms with Crippen LogP contribution in [0.2, 0.25) is 0 Å². The molecule has 3 aliphatic rings. The molecule has 1 aliphatic carbocycles. The van der Waals surface area contributed by atoms with E-state index in [1.165, 1.54) is 0 Å². The Morgan fingerprint density at radius 1 is 1.00 bits per heavy atom. The van der Waals surface area contributed by atoms with Gasteiger partial charge >= 0.3 is 6.03 Å². The summed E-state index contributed by atoms with van der Waals surface area (Å²) in [7, 11) is 1.58. The lowest BCUT2D eigenvalue weighted by molar-refractivity contribution is -0.140. The summed E-state index contributed by atoms with van der Waals surface area (Å²) >= 11 is 0. The van der Waals surface area contributed by atoms with E-state index in [0.717, 1.165) is 18.5 Å².